The van der Waals surface area contributed by atoms with E-state index in [1.54, 1.807) is 31.2 Å². The van der Waals surface area contributed by atoms with Crippen LogP contribution in [0.3, 0.4) is 0 Å². The minimum absolute atomic E-state index is 0.0614. The normalized spacial score (nSPS) is 32.5. The lowest BCUT2D eigenvalue weighted by Crippen LogP contribution is -2.38. The fourth-order valence-corrected chi connectivity index (χ4v) is 5.81. The molecule has 0 unspecified atom stereocenters. The van der Waals surface area contributed by atoms with Crippen LogP contribution in [-0.4, -0.2) is 32.4 Å². The highest BCUT2D eigenvalue weighted by Gasteiger charge is 2.55. The van der Waals surface area contributed by atoms with Crippen molar-refractivity contribution in [3.05, 3.63) is 53.1 Å². The van der Waals surface area contributed by atoms with Gasteiger partial charge in [-0.2, -0.15) is 8.42 Å². The molecule has 1 aromatic carbocycles. The van der Waals surface area contributed by atoms with E-state index in [0.717, 1.165) is 11.1 Å². The fraction of sp³-hybridized carbons (Fsp3) is 0.429. The standard InChI is InChI=1S/C21H22O6S/c1-11-9-15(22)17-12(2)10-16(19-13(3)21(23)26-20(19)18(11)17)27-28(24,25)14-7-5-4-6-8-14/h4-9,13,16,18-20H,10H2,1-3H3/t13-,16-,18+,19-,20+/m0/s1. The Morgan fingerprint density at radius 2 is 1.79 bits per heavy atom. The number of allylic oxidation sites excluding steroid dienone is 1. The van der Waals surface area contributed by atoms with Gasteiger partial charge in [0.15, 0.2) is 5.78 Å². The third-order valence-corrected chi connectivity index (χ3v) is 7.36. The summed E-state index contributed by atoms with van der Waals surface area (Å²) in [6.45, 7) is 5.40. The molecule has 0 radical (unpaired) electrons. The molecule has 6 nitrogen and oxygen atoms in total. The number of ketones is 1. The zero-order chi connectivity index (χ0) is 20.2. The van der Waals surface area contributed by atoms with Gasteiger partial charge in [-0.15, -0.1) is 0 Å². The summed E-state index contributed by atoms with van der Waals surface area (Å²) in [5.41, 5.74) is 2.23. The van der Waals surface area contributed by atoms with Crippen LogP contribution in [0, 0.1) is 17.8 Å². The molecule has 7 heteroatoms. The first kappa shape index (κ1) is 19.1. The van der Waals surface area contributed by atoms with E-state index in [2.05, 4.69) is 0 Å². The monoisotopic (exact) mass is 402 g/mol. The van der Waals surface area contributed by atoms with Crippen LogP contribution in [0.15, 0.2) is 58.0 Å². The second-order valence-corrected chi connectivity index (χ2v) is 9.37. The van der Waals surface area contributed by atoms with E-state index in [-0.39, 0.29) is 29.0 Å². The van der Waals surface area contributed by atoms with Crippen LogP contribution in [-0.2, 0) is 28.6 Å². The highest BCUT2D eigenvalue weighted by atomic mass is 32.2. The van der Waals surface area contributed by atoms with Crippen molar-refractivity contribution in [1.29, 1.82) is 0 Å². The molecule has 0 N–H and O–H groups in total. The molecule has 1 aliphatic heterocycles. The summed E-state index contributed by atoms with van der Waals surface area (Å²) >= 11 is 0. The minimum atomic E-state index is -4.02. The van der Waals surface area contributed by atoms with E-state index in [0.29, 0.717) is 5.57 Å². The number of carbonyl (C=O) groups excluding carboxylic acids is 2. The molecule has 28 heavy (non-hydrogen) atoms. The number of fused-ring (bicyclic) bond motifs is 3. The Kier molecular flexibility index (Phi) is 4.55. The number of rotatable bonds is 3. The first-order chi connectivity index (χ1) is 13.2. The van der Waals surface area contributed by atoms with Crippen molar-refractivity contribution in [2.24, 2.45) is 17.8 Å². The van der Waals surface area contributed by atoms with Gasteiger partial charge in [-0.1, -0.05) is 36.3 Å². The molecular weight excluding hydrogens is 380 g/mol. The van der Waals surface area contributed by atoms with Crippen LogP contribution in [0.1, 0.15) is 27.2 Å². The maximum absolute atomic E-state index is 12.8. The Morgan fingerprint density at radius 3 is 2.46 bits per heavy atom. The van der Waals surface area contributed by atoms with Crippen LogP contribution < -0.4 is 0 Å². The van der Waals surface area contributed by atoms with Crippen LogP contribution in [0.25, 0.3) is 0 Å². The molecule has 148 valence electrons. The summed E-state index contributed by atoms with van der Waals surface area (Å²) in [4.78, 5) is 24.9. The molecule has 5 atom stereocenters. The van der Waals surface area contributed by atoms with Gasteiger partial charge in [0.2, 0.25) is 0 Å². The van der Waals surface area contributed by atoms with Crippen molar-refractivity contribution in [3.63, 3.8) is 0 Å². The lowest BCUT2D eigenvalue weighted by atomic mass is 9.80. The highest BCUT2D eigenvalue weighted by molar-refractivity contribution is 7.86. The van der Waals surface area contributed by atoms with Gasteiger partial charge in [0.25, 0.3) is 10.1 Å². The number of ether oxygens (including phenoxy) is 1. The van der Waals surface area contributed by atoms with Crippen LogP contribution >= 0.6 is 0 Å². The zero-order valence-electron chi connectivity index (χ0n) is 15.9. The second-order valence-electron chi connectivity index (χ2n) is 7.80. The van der Waals surface area contributed by atoms with E-state index in [9.17, 15) is 18.0 Å². The maximum Gasteiger partial charge on any atom is 0.309 e. The van der Waals surface area contributed by atoms with Gasteiger partial charge in [-0.3, -0.25) is 13.8 Å². The van der Waals surface area contributed by atoms with E-state index >= 15 is 0 Å². The molecule has 3 aliphatic rings. The van der Waals surface area contributed by atoms with Gasteiger partial charge < -0.3 is 4.74 Å². The summed E-state index contributed by atoms with van der Waals surface area (Å²) < 4.78 is 37.0. The molecule has 0 amide bonds. The lowest BCUT2D eigenvalue weighted by molar-refractivity contribution is -0.144. The van der Waals surface area contributed by atoms with Gasteiger partial charge in [-0.25, -0.2) is 0 Å². The molecule has 1 heterocycles. The van der Waals surface area contributed by atoms with E-state index in [1.807, 2.05) is 13.8 Å². The SMILES string of the molecule is CC1=CC(=O)C2=C(C)C[C@H](OS(=O)(=O)c3ccccc3)[C@H]3[C@H](OC(=O)[C@H]3C)[C@H]12. The average Bonchev–Trinajstić information content (AvgIpc) is 3.05. The molecule has 0 bridgehead atoms. The molecule has 1 fully saturated rings. The van der Waals surface area contributed by atoms with Gasteiger partial charge in [0.1, 0.15) is 6.10 Å². The fourth-order valence-electron chi connectivity index (χ4n) is 4.69. The molecule has 1 aromatic rings. The molecule has 0 spiro atoms. The van der Waals surface area contributed by atoms with Gasteiger partial charge in [-0.05, 0) is 38.5 Å². The third-order valence-electron chi connectivity index (χ3n) is 6.01. The van der Waals surface area contributed by atoms with Crippen molar-refractivity contribution in [3.8, 4) is 0 Å². The third kappa shape index (κ3) is 2.93. The summed E-state index contributed by atoms with van der Waals surface area (Å²) in [5, 5.41) is 0. The molecule has 0 saturated carbocycles. The topological polar surface area (TPSA) is 86.7 Å². The molecular formula is C21H22O6S. The first-order valence-electron chi connectivity index (χ1n) is 9.31. The summed E-state index contributed by atoms with van der Waals surface area (Å²) in [5.74, 6) is -1.79. The van der Waals surface area contributed by atoms with Crippen LogP contribution in [0.2, 0.25) is 0 Å². The lowest BCUT2D eigenvalue weighted by Gasteiger charge is -2.29. The minimum Gasteiger partial charge on any atom is -0.461 e. The van der Waals surface area contributed by atoms with Crippen LogP contribution in [0.5, 0.6) is 0 Å². The largest absolute Gasteiger partial charge is 0.461 e. The van der Waals surface area contributed by atoms with Gasteiger partial charge in [0, 0.05) is 17.4 Å². The van der Waals surface area contributed by atoms with Crippen molar-refractivity contribution in [2.75, 3.05) is 0 Å². The predicted molar refractivity (Wildman–Crippen MR) is 101 cm³/mol. The number of carbonyl (C=O) groups is 2. The van der Waals surface area contributed by atoms with E-state index < -0.39 is 34.2 Å². The van der Waals surface area contributed by atoms with Gasteiger partial charge in [0.05, 0.1) is 16.9 Å². The summed E-state index contributed by atoms with van der Waals surface area (Å²) in [6, 6.07) is 7.92. The Labute approximate surface area is 164 Å². The summed E-state index contributed by atoms with van der Waals surface area (Å²) in [7, 11) is -4.02. The second kappa shape index (κ2) is 6.67. The molecule has 0 aromatic heterocycles. The van der Waals surface area contributed by atoms with E-state index in [1.165, 1.54) is 12.1 Å². The predicted octanol–water partition coefficient (Wildman–Crippen LogP) is 2.80. The van der Waals surface area contributed by atoms with Crippen molar-refractivity contribution in [2.45, 2.75) is 44.3 Å². The summed E-state index contributed by atoms with van der Waals surface area (Å²) in [6.07, 6.45) is 0.454. The van der Waals surface area contributed by atoms with Crippen molar-refractivity contribution < 1.29 is 26.9 Å². The Bertz CT molecular complexity index is 1000. The Hall–Kier alpha value is -2.25. The Morgan fingerprint density at radius 1 is 1.11 bits per heavy atom. The quantitative estimate of drug-likeness (QED) is 0.571. The Balaban J connectivity index is 1.76. The number of esters is 1. The molecule has 2 aliphatic carbocycles. The highest BCUT2D eigenvalue weighted by Crippen LogP contribution is 2.49. The average molecular weight is 402 g/mol. The first-order valence-corrected chi connectivity index (χ1v) is 10.7. The smallest absolute Gasteiger partial charge is 0.309 e. The van der Waals surface area contributed by atoms with Crippen molar-refractivity contribution in [1.82, 2.24) is 0 Å². The maximum atomic E-state index is 12.8. The van der Waals surface area contributed by atoms with Gasteiger partial charge >= 0.3 is 5.97 Å². The zero-order valence-corrected chi connectivity index (χ0v) is 16.7. The molecule has 4 rings (SSSR count). The van der Waals surface area contributed by atoms with Crippen molar-refractivity contribution >= 4 is 21.9 Å². The van der Waals surface area contributed by atoms with E-state index in [4.69, 9.17) is 8.92 Å². The number of hydrogen-bond donors (Lipinski definition) is 0. The van der Waals surface area contributed by atoms with Crippen LogP contribution in [0.4, 0.5) is 0 Å². The number of benzene rings is 1. The molecule has 1 saturated heterocycles. The number of hydrogen-bond acceptors (Lipinski definition) is 6.